The standard InChI is InChI=1S/C23H25N3O5S.ClH/c1-32(29,30)26-21-12-15(6-9-22(21)27)23(28)14-24-10-11-31-16-7-8-18-17-4-2-3-5-19(17)25-20(18)13-16;/h2-9,12-13,23-28H,10-11,14H2,1H3;1H. The van der Waals surface area contributed by atoms with Crippen molar-refractivity contribution in [3.8, 4) is 11.5 Å². The third-order valence-electron chi connectivity index (χ3n) is 5.06. The molecule has 4 aromatic rings. The second-order valence-corrected chi connectivity index (χ2v) is 9.35. The van der Waals surface area contributed by atoms with Gasteiger partial charge in [0.25, 0.3) is 0 Å². The SMILES string of the molecule is CS(=O)(=O)Nc1cc(C(O)CNCCOc2ccc3c(c2)[nH]c2ccccc23)ccc1O.Cl. The summed E-state index contributed by atoms with van der Waals surface area (Å²) in [4.78, 5) is 3.39. The first-order valence-electron chi connectivity index (χ1n) is 10.1. The molecule has 0 bridgehead atoms. The molecule has 3 aromatic carbocycles. The van der Waals surface area contributed by atoms with E-state index < -0.39 is 16.1 Å². The number of aliphatic hydroxyl groups excluding tert-OH is 1. The maximum atomic E-state index is 11.4. The highest BCUT2D eigenvalue weighted by Gasteiger charge is 2.13. The summed E-state index contributed by atoms with van der Waals surface area (Å²) in [5, 5.41) is 25.6. The van der Waals surface area contributed by atoms with Gasteiger partial charge in [-0.05, 0) is 35.9 Å². The lowest BCUT2D eigenvalue weighted by atomic mass is 10.1. The first-order chi connectivity index (χ1) is 15.3. The smallest absolute Gasteiger partial charge is 0.229 e. The third-order valence-corrected chi connectivity index (χ3v) is 5.65. The molecule has 1 atom stereocenters. The molecule has 0 aliphatic rings. The molecule has 1 heterocycles. The number of aromatic amines is 1. The van der Waals surface area contributed by atoms with Crippen molar-refractivity contribution in [2.24, 2.45) is 0 Å². The van der Waals surface area contributed by atoms with Crippen molar-refractivity contribution < 1.29 is 23.4 Å². The predicted molar refractivity (Wildman–Crippen MR) is 133 cm³/mol. The van der Waals surface area contributed by atoms with Gasteiger partial charge in [-0.3, -0.25) is 4.72 Å². The van der Waals surface area contributed by atoms with Gasteiger partial charge in [0.1, 0.15) is 18.1 Å². The van der Waals surface area contributed by atoms with Crippen LogP contribution in [0.3, 0.4) is 0 Å². The number of hydrogen-bond acceptors (Lipinski definition) is 6. The summed E-state index contributed by atoms with van der Waals surface area (Å²) in [5.74, 6) is 0.543. The Morgan fingerprint density at radius 2 is 1.79 bits per heavy atom. The van der Waals surface area contributed by atoms with Crippen molar-refractivity contribution in [3.05, 3.63) is 66.2 Å². The topological polar surface area (TPSA) is 124 Å². The van der Waals surface area contributed by atoms with E-state index in [2.05, 4.69) is 21.1 Å². The minimum Gasteiger partial charge on any atom is -0.506 e. The molecular weight excluding hydrogens is 466 g/mol. The van der Waals surface area contributed by atoms with Gasteiger partial charge in [0.15, 0.2) is 0 Å². The minimum absolute atomic E-state index is 0. The number of fused-ring (bicyclic) bond motifs is 3. The molecule has 33 heavy (non-hydrogen) atoms. The maximum Gasteiger partial charge on any atom is 0.229 e. The number of para-hydroxylation sites is 1. The van der Waals surface area contributed by atoms with Crippen LogP contribution >= 0.6 is 12.4 Å². The number of nitrogens with one attached hydrogen (secondary N) is 3. The Morgan fingerprint density at radius 1 is 1.03 bits per heavy atom. The van der Waals surface area contributed by atoms with Crippen LogP contribution in [0, 0.1) is 0 Å². The zero-order chi connectivity index (χ0) is 22.7. The second-order valence-electron chi connectivity index (χ2n) is 7.60. The average Bonchev–Trinajstić information content (AvgIpc) is 3.11. The highest BCUT2D eigenvalue weighted by molar-refractivity contribution is 7.92. The zero-order valence-electron chi connectivity index (χ0n) is 17.9. The van der Waals surface area contributed by atoms with Gasteiger partial charge in [-0.25, -0.2) is 8.42 Å². The fraction of sp³-hybridized carbons (Fsp3) is 0.217. The third kappa shape index (κ3) is 6.08. The highest BCUT2D eigenvalue weighted by Crippen LogP contribution is 2.29. The number of aliphatic hydroxyl groups is 1. The van der Waals surface area contributed by atoms with Gasteiger partial charge in [0.05, 0.1) is 23.6 Å². The summed E-state index contributed by atoms with van der Waals surface area (Å²) < 4.78 is 30.8. The molecule has 0 spiro atoms. The van der Waals surface area contributed by atoms with Crippen molar-refractivity contribution in [2.45, 2.75) is 6.10 Å². The van der Waals surface area contributed by atoms with Crippen LogP contribution in [0.25, 0.3) is 21.8 Å². The van der Waals surface area contributed by atoms with Crippen LogP contribution in [0.1, 0.15) is 11.7 Å². The molecule has 0 aliphatic carbocycles. The van der Waals surface area contributed by atoms with Crippen LogP contribution in [0.4, 0.5) is 5.69 Å². The van der Waals surface area contributed by atoms with E-state index in [4.69, 9.17) is 4.74 Å². The number of H-pyrrole nitrogens is 1. The molecule has 5 N–H and O–H groups in total. The van der Waals surface area contributed by atoms with E-state index in [0.717, 1.165) is 28.4 Å². The number of benzene rings is 3. The number of aromatic nitrogens is 1. The van der Waals surface area contributed by atoms with Crippen LogP contribution < -0.4 is 14.8 Å². The Bertz CT molecular complexity index is 1360. The Kier molecular flexibility index (Phi) is 7.70. The molecule has 10 heteroatoms. The molecule has 1 unspecified atom stereocenters. The van der Waals surface area contributed by atoms with E-state index in [0.29, 0.717) is 18.7 Å². The van der Waals surface area contributed by atoms with Gasteiger partial charge < -0.3 is 25.3 Å². The summed E-state index contributed by atoms with van der Waals surface area (Å²) in [6, 6.07) is 18.4. The lowest BCUT2D eigenvalue weighted by Gasteiger charge is -2.15. The van der Waals surface area contributed by atoms with E-state index in [1.165, 1.54) is 17.5 Å². The van der Waals surface area contributed by atoms with E-state index >= 15 is 0 Å². The van der Waals surface area contributed by atoms with Crippen molar-refractivity contribution in [1.29, 1.82) is 0 Å². The number of rotatable bonds is 9. The molecule has 0 fully saturated rings. The van der Waals surface area contributed by atoms with Gasteiger partial charge in [-0.2, -0.15) is 0 Å². The molecule has 1 aromatic heterocycles. The van der Waals surface area contributed by atoms with Crippen molar-refractivity contribution >= 4 is 49.9 Å². The van der Waals surface area contributed by atoms with Crippen LogP contribution in [0.5, 0.6) is 11.5 Å². The Balaban J connectivity index is 0.00000306. The van der Waals surface area contributed by atoms with Crippen LogP contribution in [-0.2, 0) is 10.0 Å². The zero-order valence-corrected chi connectivity index (χ0v) is 19.5. The van der Waals surface area contributed by atoms with Crippen molar-refractivity contribution in [3.63, 3.8) is 0 Å². The lowest BCUT2D eigenvalue weighted by Crippen LogP contribution is -2.26. The van der Waals surface area contributed by atoms with E-state index in [1.807, 2.05) is 36.4 Å². The van der Waals surface area contributed by atoms with E-state index in [1.54, 1.807) is 6.07 Å². The summed E-state index contributed by atoms with van der Waals surface area (Å²) in [6.45, 7) is 1.16. The Hall–Kier alpha value is -2.98. The number of ether oxygens (including phenoxy) is 1. The number of hydrogen-bond donors (Lipinski definition) is 5. The van der Waals surface area contributed by atoms with Crippen molar-refractivity contribution in [2.75, 3.05) is 30.7 Å². The van der Waals surface area contributed by atoms with Gasteiger partial charge in [0.2, 0.25) is 10.0 Å². The van der Waals surface area contributed by atoms with Crippen LogP contribution in [0.15, 0.2) is 60.7 Å². The quantitative estimate of drug-likeness (QED) is 0.180. The molecular formula is C23H26ClN3O5S. The molecule has 176 valence electrons. The number of halogens is 1. The minimum atomic E-state index is -3.54. The number of aromatic hydroxyl groups is 1. The summed E-state index contributed by atoms with van der Waals surface area (Å²) >= 11 is 0. The highest BCUT2D eigenvalue weighted by atomic mass is 35.5. The Labute approximate surface area is 198 Å². The molecule has 8 nitrogen and oxygen atoms in total. The summed E-state index contributed by atoms with van der Waals surface area (Å²) in [5.41, 5.74) is 2.60. The molecule has 4 rings (SSSR count). The number of phenolic OH excluding ortho intramolecular Hbond substituents is 1. The van der Waals surface area contributed by atoms with Crippen LogP contribution in [0.2, 0.25) is 0 Å². The molecule has 0 amide bonds. The lowest BCUT2D eigenvalue weighted by molar-refractivity contribution is 0.172. The van der Waals surface area contributed by atoms with Crippen LogP contribution in [-0.4, -0.2) is 49.6 Å². The summed E-state index contributed by atoms with van der Waals surface area (Å²) in [6.07, 6.45) is 0.117. The molecule has 0 radical (unpaired) electrons. The first-order valence-corrected chi connectivity index (χ1v) is 12.0. The monoisotopic (exact) mass is 491 g/mol. The van der Waals surface area contributed by atoms with E-state index in [9.17, 15) is 18.6 Å². The summed E-state index contributed by atoms with van der Waals surface area (Å²) in [7, 11) is -3.54. The normalized spacial score (nSPS) is 12.4. The maximum absolute atomic E-state index is 11.4. The number of anilines is 1. The second kappa shape index (κ2) is 10.3. The van der Waals surface area contributed by atoms with Gasteiger partial charge >= 0.3 is 0 Å². The Morgan fingerprint density at radius 3 is 2.58 bits per heavy atom. The first kappa shape index (κ1) is 24.7. The number of sulfonamides is 1. The molecule has 0 saturated carbocycles. The number of phenols is 1. The van der Waals surface area contributed by atoms with Gasteiger partial charge in [0, 0.05) is 35.4 Å². The predicted octanol–water partition coefficient (Wildman–Crippen LogP) is 3.52. The van der Waals surface area contributed by atoms with E-state index in [-0.39, 0.29) is 30.4 Å². The van der Waals surface area contributed by atoms with Crippen molar-refractivity contribution in [1.82, 2.24) is 10.3 Å². The molecule has 0 saturated heterocycles. The fourth-order valence-corrected chi connectivity index (χ4v) is 4.13. The molecule has 0 aliphatic heterocycles. The average molecular weight is 492 g/mol. The van der Waals surface area contributed by atoms with Gasteiger partial charge in [-0.1, -0.05) is 24.3 Å². The fourth-order valence-electron chi connectivity index (χ4n) is 3.56. The largest absolute Gasteiger partial charge is 0.506 e. The van der Waals surface area contributed by atoms with Gasteiger partial charge in [-0.15, -0.1) is 12.4 Å².